The van der Waals surface area contributed by atoms with Crippen molar-refractivity contribution in [3.63, 3.8) is 0 Å². The van der Waals surface area contributed by atoms with Crippen LogP contribution in [0.2, 0.25) is 0 Å². The molecule has 3 aromatic rings. The van der Waals surface area contributed by atoms with Gasteiger partial charge in [-0.3, -0.25) is 0 Å². The highest BCUT2D eigenvalue weighted by Gasteiger charge is 2.44. The highest BCUT2D eigenvalue weighted by Crippen LogP contribution is 2.58. The molecule has 0 spiro atoms. The van der Waals surface area contributed by atoms with Gasteiger partial charge >= 0.3 is 0 Å². The van der Waals surface area contributed by atoms with Gasteiger partial charge in [-0.15, -0.1) is 0 Å². The van der Waals surface area contributed by atoms with Gasteiger partial charge in [0.15, 0.2) is 0 Å². The van der Waals surface area contributed by atoms with Gasteiger partial charge in [0.1, 0.15) is 83.2 Å². The van der Waals surface area contributed by atoms with Crippen molar-refractivity contribution in [1.82, 2.24) is 9.97 Å². The first-order valence-corrected chi connectivity index (χ1v) is 12.8. The van der Waals surface area contributed by atoms with E-state index in [2.05, 4.69) is 9.97 Å². The van der Waals surface area contributed by atoms with Gasteiger partial charge in [-0.25, -0.2) is 9.97 Å². The zero-order valence-corrected chi connectivity index (χ0v) is 23.4. The Morgan fingerprint density at radius 3 is 1.06 bits per heavy atom. The number of rotatable bonds is 2. The predicted molar refractivity (Wildman–Crippen MR) is 155 cm³/mol. The molecule has 214 valence electrons. The van der Waals surface area contributed by atoms with Gasteiger partial charge in [0.25, 0.3) is 0 Å². The first-order valence-electron chi connectivity index (χ1n) is 12.8. The quantitative estimate of drug-likeness (QED) is 0.278. The van der Waals surface area contributed by atoms with Crippen molar-refractivity contribution in [3.8, 4) is 60.7 Å². The fourth-order valence-corrected chi connectivity index (χ4v) is 5.63. The molecule has 48 heavy (non-hydrogen) atoms. The molecule has 2 aliphatic carbocycles. The van der Waals surface area contributed by atoms with Gasteiger partial charge in [0, 0.05) is 55.7 Å². The topological polar surface area (TPSA) is 264 Å². The number of aromatic nitrogens is 2. The van der Waals surface area contributed by atoms with Gasteiger partial charge in [-0.05, 0) is 24.3 Å². The molecule has 0 aliphatic heterocycles. The minimum absolute atomic E-state index is 0.359. The number of pyridine rings is 2. The van der Waals surface area contributed by atoms with Gasteiger partial charge in [-0.2, -0.15) is 61.4 Å². The molecule has 0 amide bonds. The summed E-state index contributed by atoms with van der Waals surface area (Å²) in [6.45, 7) is 0. The lowest BCUT2D eigenvalue weighted by molar-refractivity contribution is 0.578. The number of benzene rings is 1. The molecule has 0 saturated heterocycles. The SMILES string of the molecule is N#CC(C#N)=C1C(c2ccc(C#N)nc2F)=C(C#N)c2c(C#N)c3c(c(C#N)c21)C(C#N)=C(c1ccc(C#N)nc1F)C3=C(C#N)C#N. The summed E-state index contributed by atoms with van der Waals surface area (Å²) >= 11 is 0. The molecule has 2 heterocycles. The molecule has 0 bridgehead atoms. The van der Waals surface area contributed by atoms with Crippen LogP contribution in [0.5, 0.6) is 0 Å². The fourth-order valence-electron chi connectivity index (χ4n) is 5.63. The van der Waals surface area contributed by atoms with E-state index in [-0.39, 0.29) is 11.4 Å². The van der Waals surface area contributed by atoms with E-state index in [0.29, 0.717) is 0 Å². The summed E-state index contributed by atoms with van der Waals surface area (Å²) in [6.07, 6.45) is 0. The summed E-state index contributed by atoms with van der Waals surface area (Å²) in [4.78, 5) is 7.05. The minimum atomic E-state index is -1.30. The second-order valence-electron chi connectivity index (χ2n) is 9.44. The lowest BCUT2D eigenvalue weighted by atomic mass is 9.82. The maximum absolute atomic E-state index is 15.5. The molecule has 0 saturated carbocycles. The number of hydrogen-bond donors (Lipinski definition) is 0. The van der Waals surface area contributed by atoms with Crippen molar-refractivity contribution < 1.29 is 8.78 Å². The monoisotopic (exact) mass is 618 g/mol. The first-order chi connectivity index (χ1) is 23.2. The molecule has 0 fully saturated rings. The maximum atomic E-state index is 15.5. The lowest BCUT2D eigenvalue weighted by Gasteiger charge is -2.15. The summed E-state index contributed by atoms with van der Waals surface area (Å²) in [6, 6.07) is 21.4. The third-order valence-corrected chi connectivity index (χ3v) is 7.36. The third-order valence-electron chi connectivity index (χ3n) is 7.36. The van der Waals surface area contributed by atoms with Crippen LogP contribution < -0.4 is 0 Å². The van der Waals surface area contributed by atoms with Crippen LogP contribution in [0.4, 0.5) is 8.78 Å². The van der Waals surface area contributed by atoms with E-state index in [1.54, 1.807) is 36.4 Å². The van der Waals surface area contributed by atoms with Crippen molar-refractivity contribution in [2.24, 2.45) is 0 Å². The number of hydrogen-bond acceptors (Lipinski definition) is 12. The van der Waals surface area contributed by atoms with E-state index in [1.165, 1.54) is 0 Å². The Balaban J connectivity index is 2.11. The smallest absolute Gasteiger partial charge is 0.208 e. The number of halogens is 2. The van der Waals surface area contributed by atoms with E-state index >= 15 is 8.78 Å². The molecule has 0 unspecified atom stereocenters. The minimum Gasteiger partial charge on any atom is -0.208 e. The number of fused-ring (bicyclic) bond motifs is 2. The molecule has 2 aromatic heterocycles. The summed E-state index contributed by atoms with van der Waals surface area (Å²) < 4.78 is 30.9. The van der Waals surface area contributed by atoms with Crippen LogP contribution in [-0.2, 0) is 0 Å². The second kappa shape index (κ2) is 11.7. The van der Waals surface area contributed by atoms with Crippen LogP contribution in [-0.4, -0.2) is 9.97 Å². The fraction of sp³-hybridized carbons (Fsp3) is 0. The Labute approximate surface area is 268 Å². The van der Waals surface area contributed by atoms with E-state index in [4.69, 9.17) is 0 Å². The number of nitrogens with zero attached hydrogens (tertiary/aromatic N) is 12. The van der Waals surface area contributed by atoms with Gasteiger partial charge < -0.3 is 0 Å². The Kier molecular flexibility index (Phi) is 7.50. The summed E-state index contributed by atoms with van der Waals surface area (Å²) in [5.74, 6) is -2.61. The zero-order valence-electron chi connectivity index (χ0n) is 23.4. The number of allylic oxidation sites excluding steroid dienone is 8. The van der Waals surface area contributed by atoms with Crippen LogP contribution in [0.3, 0.4) is 0 Å². The van der Waals surface area contributed by atoms with E-state index in [0.717, 1.165) is 24.3 Å². The van der Waals surface area contributed by atoms with E-state index < -0.39 is 101 Å². The van der Waals surface area contributed by atoms with Crippen molar-refractivity contribution in [1.29, 1.82) is 52.6 Å². The first kappa shape index (κ1) is 30.7. The predicted octanol–water partition coefficient (Wildman–Crippen LogP) is 4.74. The summed E-state index contributed by atoms with van der Waals surface area (Å²) in [5, 5.41) is 100. The Morgan fingerprint density at radius 2 is 0.812 bits per heavy atom. The largest absolute Gasteiger partial charge is 0.222 e. The summed E-state index contributed by atoms with van der Waals surface area (Å²) in [5.41, 5.74) is -8.75. The van der Waals surface area contributed by atoms with Gasteiger partial charge in [0.05, 0.1) is 22.3 Å². The van der Waals surface area contributed by atoms with Gasteiger partial charge in [0.2, 0.25) is 11.9 Å². The summed E-state index contributed by atoms with van der Waals surface area (Å²) in [7, 11) is 0. The molecule has 14 heteroatoms. The molecule has 12 nitrogen and oxygen atoms in total. The molecule has 0 atom stereocenters. The van der Waals surface area contributed by atoms with Crippen molar-refractivity contribution in [2.75, 3.05) is 0 Å². The van der Waals surface area contributed by atoms with Crippen molar-refractivity contribution >= 4 is 33.4 Å². The van der Waals surface area contributed by atoms with Crippen molar-refractivity contribution in [2.45, 2.75) is 0 Å². The van der Waals surface area contributed by atoms with Crippen LogP contribution in [0.25, 0.3) is 33.4 Å². The third kappa shape index (κ3) is 4.10. The van der Waals surface area contributed by atoms with Crippen molar-refractivity contribution in [3.05, 3.63) is 103 Å². The molecule has 0 radical (unpaired) electrons. The lowest BCUT2D eigenvalue weighted by Crippen LogP contribution is -2.05. The second-order valence-corrected chi connectivity index (χ2v) is 9.44. The average molecular weight is 618 g/mol. The molecular formula is C34H4F2N12. The molecule has 5 rings (SSSR count). The number of nitriles is 10. The maximum Gasteiger partial charge on any atom is 0.222 e. The van der Waals surface area contributed by atoms with Crippen LogP contribution >= 0.6 is 0 Å². The van der Waals surface area contributed by atoms with E-state index in [9.17, 15) is 52.6 Å². The molecule has 1 aromatic carbocycles. The van der Waals surface area contributed by atoms with Crippen LogP contribution in [0.1, 0.15) is 55.9 Å². The average Bonchev–Trinajstić information content (AvgIpc) is 3.61. The standard InChI is InChI=1S/C34H4F2N12/c35-33-19(3-1-17(9-41)47-33)27-21(11-43)29-23(13-45)32-26(16(7-39)8-40)28(20-4-2-18(10-42)48-34(20)36)22(12-44)30(32)24(14-46)31(29)25(27)15(5-37)6-38/h1-4H. The molecular weight excluding hydrogens is 614 g/mol. The van der Waals surface area contributed by atoms with Crippen LogP contribution in [0.15, 0.2) is 35.4 Å². The Hall–Kier alpha value is -8.76. The Bertz CT molecular complexity index is 2470. The Morgan fingerprint density at radius 1 is 0.458 bits per heavy atom. The highest BCUT2D eigenvalue weighted by atomic mass is 19.1. The molecule has 2 aliphatic rings. The van der Waals surface area contributed by atoms with Gasteiger partial charge in [-0.1, -0.05) is 0 Å². The molecule has 0 N–H and O–H groups in total. The van der Waals surface area contributed by atoms with E-state index in [1.807, 2.05) is 24.3 Å². The normalized spacial score (nSPS) is 11.9. The zero-order chi connectivity index (χ0) is 34.9. The highest BCUT2D eigenvalue weighted by molar-refractivity contribution is 6.32. The van der Waals surface area contributed by atoms with Crippen LogP contribution in [0, 0.1) is 125 Å².